The molecule has 3 amide bonds. The van der Waals surface area contributed by atoms with Gasteiger partial charge in [0.15, 0.2) is 0 Å². The van der Waals surface area contributed by atoms with Gasteiger partial charge in [-0.15, -0.1) is 0 Å². The summed E-state index contributed by atoms with van der Waals surface area (Å²) in [4.78, 5) is 30.6. The van der Waals surface area contributed by atoms with Crippen molar-refractivity contribution in [1.29, 1.82) is 0 Å². The van der Waals surface area contributed by atoms with Gasteiger partial charge in [-0.1, -0.05) is 0 Å². The Balaban J connectivity index is 1.43. The number of carbonyl (C=O) groups excluding carboxylic acids is 2. The fraction of sp³-hybridized carbons (Fsp3) is 0.529. The van der Waals surface area contributed by atoms with Crippen molar-refractivity contribution in [3.8, 4) is 0 Å². The van der Waals surface area contributed by atoms with Crippen LogP contribution in [-0.2, 0) is 18.4 Å². The van der Waals surface area contributed by atoms with Crippen molar-refractivity contribution >= 4 is 11.9 Å². The molecule has 0 aromatic carbocycles. The molecule has 1 fully saturated rings. The largest absolute Gasteiger partial charge is 0.467 e. The zero-order valence-electron chi connectivity index (χ0n) is 15.0. The van der Waals surface area contributed by atoms with Gasteiger partial charge in [0, 0.05) is 26.1 Å². The van der Waals surface area contributed by atoms with Gasteiger partial charge in [-0.05, 0) is 31.9 Å². The predicted octanol–water partition coefficient (Wildman–Crippen LogP) is 1.21. The summed E-state index contributed by atoms with van der Waals surface area (Å²) in [6, 6.07) is 3.24. The van der Waals surface area contributed by atoms with Crippen molar-refractivity contribution in [2.45, 2.75) is 32.4 Å². The number of aromatic nitrogens is 3. The second-order valence-electron chi connectivity index (χ2n) is 6.47. The zero-order valence-corrected chi connectivity index (χ0v) is 15.0. The average Bonchev–Trinajstić information content (AvgIpc) is 3.31. The molecule has 0 aliphatic carbocycles. The molecule has 3 heterocycles. The van der Waals surface area contributed by atoms with Crippen molar-refractivity contribution in [3.05, 3.63) is 36.3 Å². The molecule has 26 heavy (non-hydrogen) atoms. The predicted molar refractivity (Wildman–Crippen MR) is 92.8 cm³/mol. The van der Waals surface area contributed by atoms with E-state index in [9.17, 15) is 9.59 Å². The molecule has 2 aromatic heterocycles. The molecule has 140 valence electrons. The average molecular weight is 360 g/mol. The van der Waals surface area contributed by atoms with E-state index in [-0.39, 0.29) is 23.9 Å². The third-order valence-electron chi connectivity index (χ3n) is 4.64. The van der Waals surface area contributed by atoms with Crippen molar-refractivity contribution in [2.75, 3.05) is 13.1 Å². The number of nitrogens with zero attached hydrogens (tertiary/aromatic N) is 4. The summed E-state index contributed by atoms with van der Waals surface area (Å²) in [5.74, 6) is 1.36. The van der Waals surface area contributed by atoms with E-state index in [1.807, 2.05) is 13.0 Å². The van der Waals surface area contributed by atoms with Gasteiger partial charge >= 0.3 is 6.03 Å². The minimum absolute atomic E-state index is 0.00825. The Labute approximate surface area is 151 Å². The third kappa shape index (κ3) is 4.22. The summed E-state index contributed by atoms with van der Waals surface area (Å²) in [5.41, 5.74) is 0. The highest BCUT2D eigenvalue weighted by atomic mass is 16.3. The maximum absolute atomic E-state index is 12.4. The van der Waals surface area contributed by atoms with E-state index in [1.165, 1.54) is 6.33 Å². The van der Waals surface area contributed by atoms with Crippen LogP contribution in [0.5, 0.6) is 0 Å². The summed E-state index contributed by atoms with van der Waals surface area (Å²) >= 11 is 0. The highest BCUT2D eigenvalue weighted by Crippen LogP contribution is 2.18. The van der Waals surface area contributed by atoms with Gasteiger partial charge in [0.25, 0.3) is 0 Å². The number of nitrogens with one attached hydrogen (secondary N) is 2. The number of hydrogen-bond donors (Lipinski definition) is 2. The molecule has 1 aliphatic heterocycles. The Morgan fingerprint density at radius 3 is 2.77 bits per heavy atom. The normalized spacial score (nSPS) is 16.3. The van der Waals surface area contributed by atoms with Gasteiger partial charge in [-0.25, -0.2) is 9.78 Å². The second kappa shape index (κ2) is 8.03. The smallest absolute Gasteiger partial charge is 0.317 e. The lowest BCUT2D eigenvalue weighted by Crippen LogP contribution is -2.47. The van der Waals surface area contributed by atoms with Gasteiger partial charge in [0.1, 0.15) is 17.9 Å². The molecule has 0 bridgehead atoms. The van der Waals surface area contributed by atoms with Crippen molar-refractivity contribution < 1.29 is 14.0 Å². The van der Waals surface area contributed by atoms with E-state index in [4.69, 9.17) is 4.42 Å². The number of likely N-dealkylation sites (tertiary alicyclic amines) is 1. The Hall–Kier alpha value is -2.84. The zero-order chi connectivity index (χ0) is 18.5. The van der Waals surface area contributed by atoms with Gasteiger partial charge in [0.2, 0.25) is 5.91 Å². The van der Waals surface area contributed by atoms with Crippen LogP contribution in [0, 0.1) is 5.92 Å². The van der Waals surface area contributed by atoms with Crippen molar-refractivity contribution in [1.82, 2.24) is 30.3 Å². The van der Waals surface area contributed by atoms with Crippen LogP contribution in [0.2, 0.25) is 0 Å². The first-order valence-electron chi connectivity index (χ1n) is 8.74. The first-order chi connectivity index (χ1) is 12.5. The molecule has 1 unspecified atom stereocenters. The first kappa shape index (κ1) is 18.0. The quantitative estimate of drug-likeness (QED) is 0.834. The molecule has 0 saturated carbocycles. The fourth-order valence-electron chi connectivity index (χ4n) is 3.11. The van der Waals surface area contributed by atoms with Crippen LogP contribution in [0.3, 0.4) is 0 Å². The highest BCUT2D eigenvalue weighted by Gasteiger charge is 2.28. The van der Waals surface area contributed by atoms with Gasteiger partial charge in [-0.2, -0.15) is 5.10 Å². The Kier molecular flexibility index (Phi) is 5.55. The minimum Gasteiger partial charge on any atom is -0.467 e. The summed E-state index contributed by atoms with van der Waals surface area (Å²) in [6.45, 7) is 3.37. The Morgan fingerprint density at radius 1 is 1.38 bits per heavy atom. The van der Waals surface area contributed by atoms with E-state index in [2.05, 4.69) is 20.7 Å². The highest BCUT2D eigenvalue weighted by molar-refractivity contribution is 5.79. The molecule has 1 atom stereocenters. The van der Waals surface area contributed by atoms with Crippen LogP contribution in [0.1, 0.15) is 37.4 Å². The number of furan rings is 1. The minimum atomic E-state index is -0.232. The number of amides is 3. The summed E-state index contributed by atoms with van der Waals surface area (Å²) in [5, 5.41) is 9.83. The van der Waals surface area contributed by atoms with E-state index < -0.39 is 0 Å². The number of urea groups is 1. The van der Waals surface area contributed by atoms with E-state index in [0.29, 0.717) is 38.3 Å². The van der Waals surface area contributed by atoms with Gasteiger partial charge in [0.05, 0.1) is 18.8 Å². The maximum Gasteiger partial charge on any atom is 0.317 e. The SMILES string of the molecule is CC(NC(=O)N1CCC(C(=O)NCc2ccco2)CC1)c1ncnn1C. The summed E-state index contributed by atoms with van der Waals surface area (Å²) < 4.78 is 6.85. The molecule has 0 spiro atoms. The lowest BCUT2D eigenvalue weighted by atomic mass is 9.96. The van der Waals surface area contributed by atoms with Crippen LogP contribution in [-0.4, -0.2) is 44.7 Å². The monoisotopic (exact) mass is 360 g/mol. The number of piperidine rings is 1. The summed E-state index contributed by atoms with van der Waals surface area (Å²) in [7, 11) is 1.79. The van der Waals surface area contributed by atoms with Crippen LogP contribution >= 0.6 is 0 Å². The lowest BCUT2D eigenvalue weighted by Gasteiger charge is -2.32. The number of carbonyl (C=O) groups is 2. The molecule has 1 aliphatic rings. The lowest BCUT2D eigenvalue weighted by molar-refractivity contribution is -0.126. The molecule has 1 saturated heterocycles. The van der Waals surface area contributed by atoms with Gasteiger partial charge in [-0.3, -0.25) is 9.48 Å². The molecule has 9 heteroatoms. The molecular weight excluding hydrogens is 336 g/mol. The molecular formula is C17H24N6O3. The van der Waals surface area contributed by atoms with Crippen molar-refractivity contribution in [3.63, 3.8) is 0 Å². The van der Waals surface area contributed by atoms with Crippen LogP contribution in [0.25, 0.3) is 0 Å². The molecule has 3 rings (SSSR count). The van der Waals surface area contributed by atoms with E-state index in [1.54, 1.807) is 29.0 Å². The molecule has 0 radical (unpaired) electrons. The second-order valence-corrected chi connectivity index (χ2v) is 6.47. The maximum atomic E-state index is 12.4. The van der Waals surface area contributed by atoms with Crippen LogP contribution < -0.4 is 10.6 Å². The first-order valence-corrected chi connectivity index (χ1v) is 8.74. The Morgan fingerprint density at radius 2 is 2.15 bits per heavy atom. The third-order valence-corrected chi connectivity index (χ3v) is 4.64. The molecule has 2 N–H and O–H groups in total. The van der Waals surface area contributed by atoms with Crippen LogP contribution in [0.4, 0.5) is 4.79 Å². The standard InChI is InChI=1S/C17H24N6O3/c1-12(15-19-11-20-22(15)2)21-17(25)23-7-5-13(6-8-23)16(24)18-10-14-4-3-9-26-14/h3-4,9,11-13H,5-8,10H2,1-2H3,(H,18,24)(H,21,25). The molecule has 9 nitrogen and oxygen atoms in total. The Bertz CT molecular complexity index is 734. The fourth-order valence-corrected chi connectivity index (χ4v) is 3.11. The number of hydrogen-bond acceptors (Lipinski definition) is 5. The van der Waals surface area contributed by atoms with Gasteiger partial charge < -0.3 is 20.0 Å². The van der Waals surface area contributed by atoms with Crippen molar-refractivity contribution in [2.24, 2.45) is 13.0 Å². The van der Waals surface area contributed by atoms with Crippen LogP contribution in [0.15, 0.2) is 29.1 Å². The number of rotatable bonds is 5. The molecule has 2 aromatic rings. The van der Waals surface area contributed by atoms with E-state index in [0.717, 1.165) is 5.76 Å². The summed E-state index contributed by atoms with van der Waals surface area (Å²) in [6.07, 6.45) is 4.34. The van der Waals surface area contributed by atoms with E-state index >= 15 is 0 Å². The number of aryl methyl sites for hydroxylation is 1. The topological polar surface area (TPSA) is 105 Å².